The minimum atomic E-state index is -0.839. The molecule has 0 aromatic heterocycles. The van der Waals surface area contributed by atoms with Crippen molar-refractivity contribution in [2.24, 2.45) is 0 Å². The molecule has 0 spiro atoms. The molecule has 1 heterocycles. The van der Waals surface area contributed by atoms with Crippen LogP contribution in [0.1, 0.15) is 20.3 Å². The largest absolute Gasteiger partial charge is 0.480 e. The standard InChI is InChI=1S/C11H20N2O3S/c1-3-8(2)12-10(14)6-13-4-5-17-7-9(13)11(15)16/h8-9H,3-7H2,1-2H3,(H,12,14)(H,15,16). The lowest BCUT2D eigenvalue weighted by Crippen LogP contribution is -2.51. The van der Waals surface area contributed by atoms with Crippen LogP contribution in [-0.2, 0) is 9.59 Å². The third-order valence-electron chi connectivity index (χ3n) is 2.89. The second-order valence-corrected chi connectivity index (χ2v) is 5.43. The number of nitrogens with one attached hydrogen (secondary N) is 1. The first-order valence-electron chi connectivity index (χ1n) is 5.88. The molecule has 1 aliphatic heterocycles. The zero-order valence-corrected chi connectivity index (χ0v) is 11.1. The molecule has 1 rings (SSSR count). The summed E-state index contributed by atoms with van der Waals surface area (Å²) in [5, 5.41) is 11.9. The van der Waals surface area contributed by atoms with Gasteiger partial charge in [0.25, 0.3) is 0 Å². The van der Waals surface area contributed by atoms with E-state index >= 15 is 0 Å². The number of thioether (sulfide) groups is 1. The molecule has 0 aromatic rings. The molecule has 1 amide bonds. The Kier molecular flexibility index (Phi) is 5.77. The van der Waals surface area contributed by atoms with Crippen molar-refractivity contribution in [3.8, 4) is 0 Å². The van der Waals surface area contributed by atoms with E-state index in [2.05, 4.69) is 5.32 Å². The molecule has 0 radical (unpaired) electrons. The van der Waals surface area contributed by atoms with Gasteiger partial charge in [-0.25, -0.2) is 0 Å². The average Bonchev–Trinajstić information content (AvgIpc) is 2.29. The first-order valence-corrected chi connectivity index (χ1v) is 7.04. The Morgan fingerprint density at radius 3 is 2.88 bits per heavy atom. The van der Waals surface area contributed by atoms with Crippen molar-refractivity contribution in [1.29, 1.82) is 0 Å². The Hall–Kier alpha value is -0.750. The summed E-state index contributed by atoms with van der Waals surface area (Å²) in [5.74, 6) is 0.526. The van der Waals surface area contributed by atoms with Crippen LogP contribution in [0, 0.1) is 0 Å². The number of carboxylic acids is 1. The minimum Gasteiger partial charge on any atom is -0.480 e. The molecule has 2 atom stereocenters. The summed E-state index contributed by atoms with van der Waals surface area (Å²) in [4.78, 5) is 24.5. The summed E-state index contributed by atoms with van der Waals surface area (Å²) in [6.45, 7) is 4.79. The summed E-state index contributed by atoms with van der Waals surface area (Å²) in [6, 6.07) is -0.388. The molecule has 98 valence electrons. The lowest BCUT2D eigenvalue weighted by molar-refractivity contribution is -0.143. The van der Waals surface area contributed by atoms with Crippen molar-refractivity contribution in [2.45, 2.75) is 32.4 Å². The Bertz CT molecular complexity index is 286. The number of hydrogen-bond acceptors (Lipinski definition) is 4. The number of carbonyl (C=O) groups excluding carboxylic acids is 1. The fourth-order valence-electron chi connectivity index (χ4n) is 1.66. The molecule has 6 heteroatoms. The third-order valence-corrected chi connectivity index (χ3v) is 3.91. The molecule has 0 bridgehead atoms. The van der Waals surface area contributed by atoms with Crippen LogP contribution in [-0.4, -0.2) is 58.6 Å². The van der Waals surface area contributed by atoms with Crippen LogP contribution in [0.15, 0.2) is 0 Å². The molecule has 1 aliphatic rings. The van der Waals surface area contributed by atoms with Gasteiger partial charge in [0, 0.05) is 24.1 Å². The molecule has 17 heavy (non-hydrogen) atoms. The lowest BCUT2D eigenvalue weighted by Gasteiger charge is -2.32. The van der Waals surface area contributed by atoms with E-state index in [1.165, 1.54) is 0 Å². The average molecular weight is 260 g/mol. The highest BCUT2D eigenvalue weighted by Gasteiger charge is 2.30. The zero-order valence-electron chi connectivity index (χ0n) is 10.3. The van der Waals surface area contributed by atoms with Crippen molar-refractivity contribution < 1.29 is 14.7 Å². The van der Waals surface area contributed by atoms with Gasteiger partial charge in [0.1, 0.15) is 6.04 Å². The van der Waals surface area contributed by atoms with E-state index in [1.54, 1.807) is 16.7 Å². The quantitative estimate of drug-likeness (QED) is 0.749. The van der Waals surface area contributed by atoms with Crippen LogP contribution in [0.3, 0.4) is 0 Å². The molecule has 2 N–H and O–H groups in total. The second-order valence-electron chi connectivity index (χ2n) is 4.28. The maximum atomic E-state index is 11.7. The van der Waals surface area contributed by atoms with Crippen LogP contribution in [0.2, 0.25) is 0 Å². The third kappa shape index (κ3) is 4.55. The van der Waals surface area contributed by atoms with Gasteiger partial charge in [-0.2, -0.15) is 11.8 Å². The highest BCUT2D eigenvalue weighted by atomic mass is 32.2. The van der Waals surface area contributed by atoms with E-state index < -0.39 is 12.0 Å². The maximum Gasteiger partial charge on any atom is 0.321 e. The monoisotopic (exact) mass is 260 g/mol. The van der Waals surface area contributed by atoms with Crippen molar-refractivity contribution >= 4 is 23.6 Å². The van der Waals surface area contributed by atoms with Crippen LogP contribution in [0.5, 0.6) is 0 Å². The number of hydrogen-bond donors (Lipinski definition) is 2. The predicted octanol–water partition coefficient (Wildman–Crippen LogP) is 0.403. The molecular weight excluding hydrogens is 240 g/mol. The summed E-state index contributed by atoms with van der Waals surface area (Å²) in [6.07, 6.45) is 0.879. The number of nitrogens with zero attached hydrogens (tertiary/aromatic N) is 1. The maximum absolute atomic E-state index is 11.7. The SMILES string of the molecule is CCC(C)NC(=O)CN1CCSCC1C(=O)O. The Labute approximate surface area is 106 Å². The van der Waals surface area contributed by atoms with Gasteiger partial charge in [-0.3, -0.25) is 14.5 Å². The van der Waals surface area contributed by atoms with Crippen molar-refractivity contribution in [2.75, 3.05) is 24.6 Å². The topological polar surface area (TPSA) is 69.6 Å². The summed E-state index contributed by atoms with van der Waals surface area (Å²) < 4.78 is 0. The zero-order chi connectivity index (χ0) is 12.8. The molecule has 0 saturated carbocycles. The van der Waals surface area contributed by atoms with Crippen molar-refractivity contribution in [1.82, 2.24) is 10.2 Å². The van der Waals surface area contributed by atoms with Crippen LogP contribution >= 0.6 is 11.8 Å². The van der Waals surface area contributed by atoms with Crippen LogP contribution in [0.4, 0.5) is 0 Å². The van der Waals surface area contributed by atoms with Gasteiger partial charge in [-0.1, -0.05) is 6.92 Å². The van der Waals surface area contributed by atoms with Gasteiger partial charge >= 0.3 is 5.97 Å². The molecular formula is C11H20N2O3S. The first-order chi connectivity index (χ1) is 8.04. The number of aliphatic carboxylic acids is 1. The molecule has 0 aliphatic carbocycles. The highest BCUT2D eigenvalue weighted by Crippen LogP contribution is 2.16. The first kappa shape index (κ1) is 14.3. The van der Waals surface area contributed by atoms with E-state index in [0.717, 1.165) is 12.2 Å². The van der Waals surface area contributed by atoms with Gasteiger partial charge in [-0.05, 0) is 13.3 Å². The van der Waals surface area contributed by atoms with Crippen LogP contribution in [0.25, 0.3) is 0 Å². The van der Waals surface area contributed by atoms with Gasteiger partial charge in [0.05, 0.1) is 6.54 Å². The lowest BCUT2D eigenvalue weighted by atomic mass is 10.2. The molecule has 2 unspecified atom stereocenters. The fraction of sp³-hybridized carbons (Fsp3) is 0.818. The Morgan fingerprint density at radius 2 is 2.29 bits per heavy atom. The molecule has 5 nitrogen and oxygen atoms in total. The van der Waals surface area contributed by atoms with Crippen molar-refractivity contribution in [3.63, 3.8) is 0 Å². The Morgan fingerprint density at radius 1 is 1.59 bits per heavy atom. The summed E-state index contributed by atoms with van der Waals surface area (Å²) in [5.41, 5.74) is 0. The van der Waals surface area contributed by atoms with Crippen LogP contribution < -0.4 is 5.32 Å². The molecule has 0 aromatic carbocycles. The van der Waals surface area contributed by atoms with E-state index in [1.807, 2.05) is 13.8 Å². The van der Waals surface area contributed by atoms with Gasteiger partial charge in [0.15, 0.2) is 0 Å². The summed E-state index contributed by atoms with van der Waals surface area (Å²) in [7, 11) is 0. The number of carbonyl (C=O) groups is 2. The van der Waals surface area contributed by atoms with E-state index in [-0.39, 0.29) is 18.5 Å². The van der Waals surface area contributed by atoms with E-state index in [0.29, 0.717) is 12.3 Å². The van der Waals surface area contributed by atoms with E-state index in [4.69, 9.17) is 5.11 Å². The predicted molar refractivity (Wildman–Crippen MR) is 68.2 cm³/mol. The normalized spacial score (nSPS) is 23.1. The van der Waals surface area contributed by atoms with Crippen molar-refractivity contribution in [3.05, 3.63) is 0 Å². The molecule has 1 saturated heterocycles. The molecule has 1 fully saturated rings. The van der Waals surface area contributed by atoms with Gasteiger partial charge in [-0.15, -0.1) is 0 Å². The Balaban J connectivity index is 2.47. The number of amides is 1. The summed E-state index contributed by atoms with van der Waals surface area (Å²) >= 11 is 1.63. The minimum absolute atomic E-state index is 0.0856. The second kappa shape index (κ2) is 6.86. The number of rotatable bonds is 5. The van der Waals surface area contributed by atoms with E-state index in [9.17, 15) is 9.59 Å². The highest BCUT2D eigenvalue weighted by molar-refractivity contribution is 7.99. The fourth-order valence-corrected chi connectivity index (χ4v) is 2.77. The van der Waals surface area contributed by atoms with Gasteiger partial charge < -0.3 is 10.4 Å². The van der Waals surface area contributed by atoms with Gasteiger partial charge in [0.2, 0.25) is 5.91 Å². The number of carboxylic acid groups (broad SMARTS) is 1. The smallest absolute Gasteiger partial charge is 0.321 e.